The van der Waals surface area contributed by atoms with Gasteiger partial charge in [0.15, 0.2) is 0 Å². The number of benzene rings is 1. The van der Waals surface area contributed by atoms with Crippen molar-refractivity contribution in [2.75, 3.05) is 19.6 Å². The van der Waals surface area contributed by atoms with E-state index in [4.69, 9.17) is 0 Å². The minimum absolute atomic E-state index is 0.112. The first kappa shape index (κ1) is 10.5. The summed E-state index contributed by atoms with van der Waals surface area (Å²) in [5.41, 5.74) is 1.26. The van der Waals surface area contributed by atoms with Gasteiger partial charge in [-0.3, -0.25) is 4.79 Å². The van der Waals surface area contributed by atoms with Crippen LogP contribution in [0, 0.1) is 6.92 Å². The molecule has 1 heterocycles. The van der Waals surface area contributed by atoms with E-state index in [2.05, 4.69) is 40.8 Å². The molecule has 0 unspecified atom stereocenters. The molecule has 0 saturated carbocycles. The summed E-state index contributed by atoms with van der Waals surface area (Å²) in [6, 6.07) is 8.36. The third-order valence-electron chi connectivity index (χ3n) is 2.26. The number of piperazine rings is 1. The van der Waals surface area contributed by atoms with E-state index in [-0.39, 0.29) is 5.91 Å². The molecule has 1 aliphatic heterocycles. The van der Waals surface area contributed by atoms with E-state index >= 15 is 0 Å². The number of aryl methyl sites for hydroxylation is 1. The van der Waals surface area contributed by atoms with Crippen LogP contribution in [0.25, 0.3) is 0 Å². The fraction of sp³-hybridized carbons (Fsp3) is 0.364. The number of nitrogens with zero attached hydrogens (tertiary/aromatic N) is 1. The largest absolute Gasteiger partial charge is 0.354 e. The molecule has 4 heteroatoms. The molecule has 1 aliphatic rings. The molecule has 1 N–H and O–H groups in total. The molecule has 1 aromatic carbocycles. The smallest absolute Gasteiger partial charge is 0.235 e. The molecule has 2 rings (SSSR count). The van der Waals surface area contributed by atoms with Gasteiger partial charge in [0.25, 0.3) is 0 Å². The Bertz CT molecular complexity index is 350. The Morgan fingerprint density at radius 3 is 2.73 bits per heavy atom. The van der Waals surface area contributed by atoms with Crippen molar-refractivity contribution in [3.8, 4) is 0 Å². The summed E-state index contributed by atoms with van der Waals surface area (Å²) in [6.07, 6.45) is 0. The van der Waals surface area contributed by atoms with Gasteiger partial charge in [0.1, 0.15) is 0 Å². The second kappa shape index (κ2) is 4.68. The van der Waals surface area contributed by atoms with Gasteiger partial charge in [0.2, 0.25) is 5.91 Å². The number of rotatable bonds is 2. The van der Waals surface area contributed by atoms with Gasteiger partial charge in [-0.25, -0.2) is 4.31 Å². The third kappa shape index (κ3) is 2.97. The highest BCUT2D eigenvalue weighted by Crippen LogP contribution is 2.22. The van der Waals surface area contributed by atoms with E-state index in [1.165, 1.54) is 10.5 Å². The lowest BCUT2D eigenvalue weighted by molar-refractivity contribution is -0.122. The van der Waals surface area contributed by atoms with E-state index in [0.717, 1.165) is 13.1 Å². The zero-order valence-electron chi connectivity index (χ0n) is 8.69. The Balaban J connectivity index is 1.96. The van der Waals surface area contributed by atoms with Crippen molar-refractivity contribution in [2.45, 2.75) is 11.8 Å². The predicted octanol–water partition coefficient (Wildman–Crippen LogP) is 1.43. The highest BCUT2D eigenvalue weighted by Gasteiger charge is 2.16. The van der Waals surface area contributed by atoms with Gasteiger partial charge in [-0.05, 0) is 31.0 Å². The Hall–Kier alpha value is -1.00. The Morgan fingerprint density at radius 1 is 1.33 bits per heavy atom. The first-order chi connectivity index (χ1) is 7.24. The van der Waals surface area contributed by atoms with Crippen LogP contribution in [0.15, 0.2) is 29.2 Å². The summed E-state index contributed by atoms with van der Waals surface area (Å²) >= 11 is 1.65. The number of amides is 1. The topological polar surface area (TPSA) is 32.3 Å². The van der Waals surface area contributed by atoms with Gasteiger partial charge < -0.3 is 5.32 Å². The molecule has 0 aliphatic carbocycles. The highest BCUT2D eigenvalue weighted by molar-refractivity contribution is 7.97. The summed E-state index contributed by atoms with van der Waals surface area (Å²) in [7, 11) is 0. The molecule has 3 nitrogen and oxygen atoms in total. The number of hydrogen-bond acceptors (Lipinski definition) is 3. The van der Waals surface area contributed by atoms with E-state index in [1.807, 2.05) is 0 Å². The third-order valence-corrected chi connectivity index (χ3v) is 3.31. The first-order valence-corrected chi connectivity index (χ1v) is 5.78. The maximum atomic E-state index is 11.2. The van der Waals surface area contributed by atoms with Gasteiger partial charge in [-0.1, -0.05) is 17.7 Å². The van der Waals surface area contributed by atoms with Crippen LogP contribution >= 0.6 is 11.9 Å². The fourth-order valence-electron chi connectivity index (χ4n) is 1.44. The van der Waals surface area contributed by atoms with Crippen LogP contribution < -0.4 is 5.32 Å². The van der Waals surface area contributed by atoms with Crippen LogP contribution in [0.4, 0.5) is 0 Å². The monoisotopic (exact) mass is 222 g/mol. The molecule has 1 aromatic rings. The second-order valence-electron chi connectivity index (χ2n) is 3.62. The fourth-order valence-corrected chi connectivity index (χ4v) is 2.36. The summed E-state index contributed by atoms with van der Waals surface area (Å²) in [5.74, 6) is 0.112. The van der Waals surface area contributed by atoms with Crippen molar-refractivity contribution >= 4 is 17.9 Å². The molecule has 1 fully saturated rings. The minimum Gasteiger partial charge on any atom is -0.354 e. The van der Waals surface area contributed by atoms with Crippen LogP contribution in [0.3, 0.4) is 0 Å². The maximum absolute atomic E-state index is 11.2. The van der Waals surface area contributed by atoms with Gasteiger partial charge >= 0.3 is 0 Å². The van der Waals surface area contributed by atoms with Crippen molar-refractivity contribution in [1.29, 1.82) is 0 Å². The number of hydrogen-bond donors (Lipinski definition) is 1. The van der Waals surface area contributed by atoms with Crippen LogP contribution in [0.1, 0.15) is 5.56 Å². The average molecular weight is 222 g/mol. The lowest BCUT2D eigenvalue weighted by Crippen LogP contribution is -2.44. The quantitative estimate of drug-likeness (QED) is 0.768. The summed E-state index contributed by atoms with van der Waals surface area (Å²) in [4.78, 5) is 12.3. The summed E-state index contributed by atoms with van der Waals surface area (Å²) in [5, 5.41) is 2.81. The van der Waals surface area contributed by atoms with E-state index < -0.39 is 0 Å². The van der Waals surface area contributed by atoms with Gasteiger partial charge in [-0.2, -0.15) is 0 Å². The molecule has 80 valence electrons. The molecule has 1 saturated heterocycles. The molecule has 15 heavy (non-hydrogen) atoms. The van der Waals surface area contributed by atoms with Crippen LogP contribution in [-0.2, 0) is 4.79 Å². The van der Waals surface area contributed by atoms with Crippen molar-refractivity contribution in [1.82, 2.24) is 9.62 Å². The van der Waals surface area contributed by atoms with E-state index in [1.54, 1.807) is 11.9 Å². The Morgan fingerprint density at radius 2 is 2.07 bits per heavy atom. The van der Waals surface area contributed by atoms with Crippen molar-refractivity contribution < 1.29 is 4.79 Å². The summed E-state index contributed by atoms with van der Waals surface area (Å²) < 4.78 is 2.09. The highest BCUT2D eigenvalue weighted by atomic mass is 32.2. The van der Waals surface area contributed by atoms with Crippen LogP contribution in [0.5, 0.6) is 0 Å². The Labute approximate surface area is 94.0 Å². The zero-order valence-corrected chi connectivity index (χ0v) is 9.51. The first-order valence-electron chi connectivity index (χ1n) is 5.00. The standard InChI is InChI=1S/C11H14N2OS/c1-9-2-4-10(5-3-9)15-13-7-6-12-11(14)8-13/h2-5H,6-8H2,1H3,(H,12,14). The van der Waals surface area contributed by atoms with Gasteiger partial charge in [-0.15, -0.1) is 0 Å². The van der Waals surface area contributed by atoms with Crippen LogP contribution in [-0.4, -0.2) is 29.8 Å². The Kier molecular flexibility index (Phi) is 3.28. The normalized spacial score (nSPS) is 17.5. The lowest BCUT2D eigenvalue weighted by atomic mass is 10.2. The number of carbonyl (C=O) groups excluding carboxylic acids is 1. The van der Waals surface area contributed by atoms with E-state index in [0.29, 0.717) is 6.54 Å². The predicted molar refractivity (Wildman–Crippen MR) is 61.6 cm³/mol. The van der Waals surface area contributed by atoms with Gasteiger partial charge in [0, 0.05) is 18.0 Å². The molecule has 0 aromatic heterocycles. The van der Waals surface area contributed by atoms with Crippen LogP contribution in [0.2, 0.25) is 0 Å². The molecule has 0 radical (unpaired) electrons. The molecular formula is C11H14N2OS. The van der Waals surface area contributed by atoms with E-state index in [9.17, 15) is 4.79 Å². The van der Waals surface area contributed by atoms with Crippen molar-refractivity contribution in [2.24, 2.45) is 0 Å². The molecule has 0 bridgehead atoms. The second-order valence-corrected chi connectivity index (χ2v) is 4.79. The molecule has 0 atom stereocenters. The van der Waals surface area contributed by atoms with Crippen molar-refractivity contribution in [3.05, 3.63) is 29.8 Å². The average Bonchev–Trinajstić information content (AvgIpc) is 2.22. The van der Waals surface area contributed by atoms with Gasteiger partial charge in [0.05, 0.1) is 6.54 Å². The maximum Gasteiger partial charge on any atom is 0.235 e. The zero-order chi connectivity index (χ0) is 10.7. The minimum atomic E-state index is 0.112. The SMILES string of the molecule is Cc1ccc(SN2CCNC(=O)C2)cc1. The van der Waals surface area contributed by atoms with Crippen molar-refractivity contribution in [3.63, 3.8) is 0 Å². The molecule has 1 amide bonds. The molecule has 0 spiro atoms. The summed E-state index contributed by atoms with van der Waals surface area (Å²) in [6.45, 7) is 4.21. The number of carbonyl (C=O) groups is 1. The molecular weight excluding hydrogens is 208 g/mol. The lowest BCUT2D eigenvalue weighted by Gasteiger charge is -2.25. The number of nitrogens with one attached hydrogen (secondary N) is 1.